The molecule has 102 valence electrons. The van der Waals surface area contributed by atoms with Gasteiger partial charge in [0.2, 0.25) is 5.95 Å². The quantitative estimate of drug-likeness (QED) is 0.856. The number of benzene rings is 1. The van der Waals surface area contributed by atoms with Crippen LogP contribution in [0.5, 0.6) is 0 Å². The molecule has 19 heavy (non-hydrogen) atoms. The summed E-state index contributed by atoms with van der Waals surface area (Å²) < 4.78 is 7.77. The zero-order valence-electron chi connectivity index (χ0n) is 11.0. The van der Waals surface area contributed by atoms with E-state index in [0.29, 0.717) is 12.6 Å². The fourth-order valence-electron chi connectivity index (χ4n) is 2.58. The monoisotopic (exact) mass is 260 g/mol. The first kappa shape index (κ1) is 12.4. The third kappa shape index (κ3) is 2.57. The maximum atomic E-state index is 5.70. The first-order valence-electron chi connectivity index (χ1n) is 6.89. The van der Waals surface area contributed by atoms with Gasteiger partial charge in [0.05, 0.1) is 17.1 Å². The van der Waals surface area contributed by atoms with Crippen LogP contribution in [0.15, 0.2) is 24.3 Å². The van der Waals surface area contributed by atoms with Gasteiger partial charge in [0.1, 0.15) is 0 Å². The summed E-state index contributed by atoms with van der Waals surface area (Å²) in [6.45, 7) is 3.07. The van der Waals surface area contributed by atoms with Crippen LogP contribution in [0.25, 0.3) is 11.0 Å². The van der Waals surface area contributed by atoms with Crippen molar-refractivity contribution in [2.75, 3.05) is 25.0 Å². The molecule has 5 heteroatoms. The molecular weight excluding hydrogens is 240 g/mol. The van der Waals surface area contributed by atoms with Gasteiger partial charge in [-0.25, -0.2) is 4.98 Å². The van der Waals surface area contributed by atoms with Crippen molar-refractivity contribution in [3.63, 3.8) is 0 Å². The minimum atomic E-state index is 0.311. The van der Waals surface area contributed by atoms with E-state index >= 15 is 0 Å². The number of hydrogen-bond acceptors (Lipinski definition) is 4. The van der Waals surface area contributed by atoms with Crippen LogP contribution in [0.1, 0.15) is 12.8 Å². The van der Waals surface area contributed by atoms with Crippen molar-refractivity contribution in [3.8, 4) is 0 Å². The van der Waals surface area contributed by atoms with Crippen molar-refractivity contribution in [2.45, 2.75) is 25.5 Å². The second kappa shape index (κ2) is 5.59. The van der Waals surface area contributed by atoms with Gasteiger partial charge in [-0.1, -0.05) is 12.1 Å². The van der Waals surface area contributed by atoms with Crippen molar-refractivity contribution in [3.05, 3.63) is 24.3 Å². The number of aromatic nitrogens is 2. The maximum Gasteiger partial charge on any atom is 0.204 e. The molecule has 2 aromatic rings. The number of hydrogen-bond donors (Lipinski definition) is 2. The van der Waals surface area contributed by atoms with E-state index in [1.807, 2.05) is 18.2 Å². The van der Waals surface area contributed by atoms with Crippen LogP contribution >= 0.6 is 0 Å². The van der Waals surface area contributed by atoms with Crippen LogP contribution in [0.2, 0.25) is 0 Å². The summed E-state index contributed by atoms with van der Waals surface area (Å²) in [7, 11) is 0. The van der Waals surface area contributed by atoms with E-state index in [0.717, 1.165) is 49.5 Å². The number of nitrogens with zero attached hydrogens (tertiary/aromatic N) is 2. The Morgan fingerprint density at radius 1 is 1.42 bits per heavy atom. The highest BCUT2D eigenvalue weighted by atomic mass is 16.5. The smallest absolute Gasteiger partial charge is 0.204 e. The Morgan fingerprint density at radius 2 is 2.32 bits per heavy atom. The van der Waals surface area contributed by atoms with Gasteiger partial charge in [-0.2, -0.15) is 0 Å². The molecule has 1 aliphatic rings. The Bertz CT molecular complexity index is 545. The van der Waals surface area contributed by atoms with Crippen LogP contribution in [-0.2, 0) is 11.3 Å². The van der Waals surface area contributed by atoms with Gasteiger partial charge < -0.3 is 20.4 Å². The van der Waals surface area contributed by atoms with Crippen molar-refractivity contribution < 1.29 is 4.74 Å². The molecule has 0 amide bonds. The molecule has 3 N–H and O–H groups in total. The first-order valence-corrected chi connectivity index (χ1v) is 6.89. The average Bonchev–Trinajstić information content (AvgIpc) is 3.05. The molecule has 0 aliphatic carbocycles. The van der Waals surface area contributed by atoms with E-state index in [1.54, 1.807) is 0 Å². The fourth-order valence-corrected chi connectivity index (χ4v) is 2.58. The highest BCUT2D eigenvalue weighted by molar-refractivity contribution is 5.78. The Morgan fingerprint density at radius 3 is 3.11 bits per heavy atom. The minimum Gasteiger partial charge on any atom is -0.376 e. The predicted octanol–water partition coefficient (Wildman–Crippen LogP) is 1.59. The molecule has 1 unspecified atom stereocenters. The normalized spacial score (nSPS) is 19.1. The summed E-state index contributed by atoms with van der Waals surface area (Å²) in [6.07, 6.45) is 2.60. The highest BCUT2D eigenvalue weighted by Crippen LogP contribution is 2.20. The highest BCUT2D eigenvalue weighted by Gasteiger charge is 2.16. The molecule has 3 rings (SSSR count). The number of rotatable bonds is 5. The second-order valence-electron chi connectivity index (χ2n) is 4.88. The summed E-state index contributed by atoms with van der Waals surface area (Å²) in [5, 5.41) is 3.40. The Hall–Kier alpha value is -1.59. The van der Waals surface area contributed by atoms with Crippen LogP contribution in [0, 0.1) is 0 Å². The summed E-state index contributed by atoms with van der Waals surface area (Å²) >= 11 is 0. The third-order valence-corrected chi connectivity index (χ3v) is 3.52. The van der Waals surface area contributed by atoms with Gasteiger partial charge in [0, 0.05) is 26.2 Å². The SMILES string of the molecule is NCCn1c(NCC2CCCO2)nc2ccccc21. The third-order valence-electron chi connectivity index (χ3n) is 3.52. The Labute approximate surface area is 112 Å². The van der Waals surface area contributed by atoms with Crippen molar-refractivity contribution in [1.82, 2.24) is 9.55 Å². The number of anilines is 1. The van der Waals surface area contributed by atoms with E-state index in [1.165, 1.54) is 0 Å². The minimum absolute atomic E-state index is 0.311. The summed E-state index contributed by atoms with van der Waals surface area (Å²) in [6, 6.07) is 8.14. The molecule has 2 heterocycles. The molecule has 0 spiro atoms. The lowest BCUT2D eigenvalue weighted by Crippen LogP contribution is -2.21. The zero-order valence-corrected chi connectivity index (χ0v) is 11.0. The van der Waals surface area contributed by atoms with Crippen LogP contribution in [0.3, 0.4) is 0 Å². The largest absolute Gasteiger partial charge is 0.376 e. The second-order valence-corrected chi connectivity index (χ2v) is 4.88. The van der Waals surface area contributed by atoms with Crippen molar-refractivity contribution >= 4 is 17.0 Å². The van der Waals surface area contributed by atoms with Gasteiger partial charge in [0.15, 0.2) is 0 Å². The Kier molecular flexibility index (Phi) is 3.66. The lowest BCUT2D eigenvalue weighted by Gasteiger charge is -2.13. The summed E-state index contributed by atoms with van der Waals surface area (Å²) in [5.41, 5.74) is 7.83. The van der Waals surface area contributed by atoms with Crippen LogP contribution in [0.4, 0.5) is 5.95 Å². The molecular formula is C14H20N4O. The molecule has 0 bridgehead atoms. The molecule has 5 nitrogen and oxygen atoms in total. The Balaban J connectivity index is 1.82. The molecule has 0 radical (unpaired) electrons. The number of nitrogens with one attached hydrogen (secondary N) is 1. The van der Waals surface area contributed by atoms with E-state index in [-0.39, 0.29) is 0 Å². The number of fused-ring (bicyclic) bond motifs is 1. The molecule has 1 aromatic carbocycles. The predicted molar refractivity (Wildman–Crippen MR) is 76.3 cm³/mol. The van der Waals surface area contributed by atoms with Crippen LogP contribution < -0.4 is 11.1 Å². The first-order chi connectivity index (χ1) is 9.38. The van der Waals surface area contributed by atoms with Gasteiger partial charge in [-0.15, -0.1) is 0 Å². The molecule has 1 atom stereocenters. The molecule has 1 fully saturated rings. The topological polar surface area (TPSA) is 65.1 Å². The van der Waals surface area contributed by atoms with Gasteiger partial charge in [-0.05, 0) is 25.0 Å². The molecule has 0 saturated carbocycles. The van der Waals surface area contributed by atoms with E-state index < -0.39 is 0 Å². The van der Waals surface area contributed by atoms with Crippen molar-refractivity contribution in [2.24, 2.45) is 5.73 Å². The molecule has 1 aromatic heterocycles. The number of nitrogens with two attached hydrogens (primary N) is 1. The molecule has 1 saturated heterocycles. The average molecular weight is 260 g/mol. The molecule has 1 aliphatic heterocycles. The zero-order chi connectivity index (χ0) is 13.1. The number of ether oxygens (including phenoxy) is 1. The maximum absolute atomic E-state index is 5.70. The van der Waals surface area contributed by atoms with E-state index in [4.69, 9.17) is 10.5 Å². The lowest BCUT2D eigenvalue weighted by molar-refractivity contribution is 0.120. The number of para-hydroxylation sites is 2. The van der Waals surface area contributed by atoms with Gasteiger partial charge in [-0.3, -0.25) is 0 Å². The van der Waals surface area contributed by atoms with E-state index in [9.17, 15) is 0 Å². The van der Waals surface area contributed by atoms with E-state index in [2.05, 4.69) is 20.9 Å². The van der Waals surface area contributed by atoms with Crippen molar-refractivity contribution in [1.29, 1.82) is 0 Å². The lowest BCUT2D eigenvalue weighted by atomic mass is 10.2. The summed E-state index contributed by atoms with van der Waals surface area (Å²) in [5.74, 6) is 0.891. The summed E-state index contributed by atoms with van der Waals surface area (Å²) in [4.78, 5) is 4.63. The van der Waals surface area contributed by atoms with Crippen LogP contribution in [-0.4, -0.2) is 35.4 Å². The fraction of sp³-hybridized carbons (Fsp3) is 0.500. The number of imidazole rings is 1. The standard InChI is InChI=1S/C14H20N4O/c15-7-8-18-13-6-2-1-5-12(13)17-14(18)16-10-11-4-3-9-19-11/h1-2,5-6,11H,3-4,7-10,15H2,(H,16,17). The van der Waals surface area contributed by atoms with Gasteiger partial charge >= 0.3 is 0 Å². The van der Waals surface area contributed by atoms with Gasteiger partial charge in [0.25, 0.3) is 0 Å².